The molecule has 0 radical (unpaired) electrons. The maximum Gasteiger partial charge on any atom is 0.00975 e. The third-order valence-corrected chi connectivity index (χ3v) is 4.50. The molecule has 1 aliphatic carbocycles. The molecule has 1 rings (SSSR count). The van der Waals surface area contributed by atoms with Crippen molar-refractivity contribution in [3.63, 3.8) is 0 Å². The molecule has 2 unspecified atom stereocenters. The molecule has 1 aliphatic rings. The fourth-order valence-electron chi connectivity index (χ4n) is 3.33. The van der Waals surface area contributed by atoms with Crippen molar-refractivity contribution in [1.29, 1.82) is 0 Å². The topological polar surface area (TPSA) is 12.0 Å². The van der Waals surface area contributed by atoms with Gasteiger partial charge in [-0.2, -0.15) is 0 Å². The Morgan fingerprint density at radius 3 is 2.38 bits per heavy atom. The summed E-state index contributed by atoms with van der Waals surface area (Å²) in [5.74, 6) is 1.72. The second-order valence-electron chi connectivity index (χ2n) is 6.71. The zero-order valence-corrected chi connectivity index (χ0v) is 12.0. The first-order valence-corrected chi connectivity index (χ1v) is 7.14. The van der Waals surface area contributed by atoms with Crippen molar-refractivity contribution < 1.29 is 0 Å². The van der Waals surface area contributed by atoms with E-state index in [1.54, 1.807) is 0 Å². The average molecular weight is 225 g/mol. The molecule has 0 aromatic carbocycles. The van der Waals surface area contributed by atoms with Crippen LogP contribution in [0.3, 0.4) is 0 Å². The monoisotopic (exact) mass is 225 g/mol. The molecule has 1 fully saturated rings. The fraction of sp³-hybridized carbons (Fsp3) is 1.00. The Kier molecular flexibility index (Phi) is 5.30. The fourth-order valence-corrected chi connectivity index (χ4v) is 3.33. The van der Waals surface area contributed by atoms with Gasteiger partial charge in [-0.1, -0.05) is 40.5 Å². The van der Waals surface area contributed by atoms with Crippen molar-refractivity contribution in [1.82, 2.24) is 5.32 Å². The van der Waals surface area contributed by atoms with Crippen LogP contribution >= 0.6 is 0 Å². The van der Waals surface area contributed by atoms with E-state index in [9.17, 15) is 0 Å². The first-order valence-electron chi connectivity index (χ1n) is 7.14. The van der Waals surface area contributed by atoms with E-state index in [0.717, 1.165) is 17.9 Å². The molecule has 0 saturated heterocycles. The average Bonchev–Trinajstić information content (AvgIpc) is 2.20. The van der Waals surface area contributed by atoms with Gasteiger partial charge in [-0.15, -0.1) is 0 Å². The molecule has 0 bridgehead atoms. The van der Waals surface area contributed by atoms with E-state index in [-0.39, 0.29) is 0 Å². The third kappa shape index (κ3) is 3.76. The predicted octanol–water partition coefficient (Wildman–Crippen LogP) is 4.23. The van der Waals surface area contributed by atoms with Crippen LogP contribution in [0.5, 0.6) is 0 Å². The second kappa shape index (κ2) is 6.05. The van der Waals surface area contributed by atoms with E-state index in [1.165, 1.54) is 38.5 Å². The molecule has 1 nitrogen and oxygen atoms in total. The van der Waals surface area contributed by atoms with E-state index in [1.807, 2.05) is 0 Å². The number of hydrogen-bond donors (Lipinski definition) is 1. The second-order valence-corrected chi connectivity index (χ2v) is 6.71. The minimum atomic E-state index is 0.545. The molecule has 16 heavy (non-hydrogen) atoms. The molecular formula is C15H31N. The largest absolute Gasteiger partial charge is 0.317 e. The molecular weight excluding hydrogens is 194 g/mol. The lowest BCUT2D eigenvalue weighted by Gasteiger charge is -2.43. The lowest BCUT2D eigenvalue weighted by molar-refractivity contribution is 0.0955. The summed E-state index contributed by atoms with van der Waals surface area (Å²) in [6, 6.07) is 0.734. The number of nitrogens with one attached hydrogen (secondary N) is 1. The van der Waals surface area contributed by atoms with Gasteiger partial charge in [0, 0.05) is 6.04 Å². The molecule has 0 heterocycles. The molecule has 2 atom stereocenters. The standard InChI is InChI=1S/C15H31N/c1-12(2)9-10-14(16-5)13-8-6-7-11-15(13,3)4/h12-14,16H,6-11H2,1-5H3. The van der Waals surface area contributed by atoms with Crippen molar-refractivity contribution in [3.8, 4) is 0 Å². The van der Waals surface area contributed by atoms with E-state index < -0.39 is 0 Å². The van der Waals surface area contributed by atoms with Gasteiger partial charge in [0.05, 0.1) is 0 Å². The van der Waals surface area contributed by atoms with Gasteiger partial charge in [0.15, 0.2) is 0 Å². The van der Waals surface area contributed by atoms with Gasteiger partial charge in [-0.25, -0.2) is 0 Å². The summed E-state index contributed by atoms with van der Waals surface area (Å²) in [5.41, 5.74) is 0.545. The van der Waals surface area contributed by atoms with Crippen LogP contribution in [0.15, 0.2) is 0 Å². The molecule has 1 N–H and O–H groups in total. The highest BCUT2D eigenvalue weighted by Crippen LogP contribution is 2.43. The highest BCUT2D eigenvalue weighted by molar-refractivity contribution is 4.89. The molecule has 96 valence electrons. The smallest absolute Gasteiger partial charge is 0.00975 e. The summed E-state index contributed by atoms with van der Waals surface area (Å²) in [7, 11) is 2.15. The molecule has 0 amide bonds. The van der Waals surface area contributed by atoms with Gasteiger partial charge in [0.1, 0.15) is 0 Å². The summed E-state index contributed by atoms with van der Waals surface area (Å²) < 4.78 is 0. The Labute approximate surface area is 102 Å². The van der Waals surface area contributed by atoms with Gasteiger partial charge >= 0.3 is 0 Å². The lowest BCUT2D eigenvalue weighted by Crippen LogP contribution is -2.43. The maximum atomic E-state index is 3.58. The number of hydrogen-bond acceptors (Lipinski definition) is 1. The Balaban J connectivity index is 2.56. The third-order valence-electron chi connectivity index (χ3n) is 4.50. The van der Waals surface area contributed by atoms with E-state index in [4.69, 9.17) is 0 Å². The van der Waals surface area contributed by atoms with Gasteiger partial charge < -0.3 is 5.32 Å². The summed E-state index contributed by atoms with van der Waals surface area (Å²) in [6.45, 7) is 9.60. The normalized spacial score (nSPS) is 27.0. The van der Waals surface area contributed by atoms with Crippen LogP contribution in [0.25, 0.3) is 0 Å². The van der Waals surface area contributed by atoms with Gasteiger partial charge in [-0.05, 0) is 50.0 Å². The quantitative estimate of drug-likeness (QED) is 0.738. The molecule has 1 saturated carbocycles. The first-order chi connectivity index (χ1) is 7.47. The van der Waals surface area contributed by atoms with Gasteiger partial charge in [0.25, 0.3) is 0 Å². The number of rotatable bonds is 5. The molecule has 0 spiro atoms. The van der Waals surface area contributed by atoms with Crippen molar-refractivity contribution in [2.24, 2.45) is 17.3 Å². The van der Waals surface area contributed by atoms with E-state index in [0.29, 0.717) is 5.41 Å². The summed E-state index contributed by atoms with van der Waals surface area (Å²) in [5, 5.41) is 3.58. The van der Waals surface area contributed by atoms with Crippen molar-refractivity contribution in [2.75, 3.05) is 7.05 Å². The van der Waals surface area contributed by atoms with Gasteiger partial charge in [-0.3, -0.25) is 0 Å². The van der Waals surface area contributed by atoms with Crippen LogP contribution < -0.4 is 5.32 Å². The molecule has 0 aliphatic heterocycles. The summed E-state index contributed by atoms with van der Waals surface area (Å²) in [6.07, 6.45) is 8.42. The summed E-state index contributed by atoms with van der Waals surface area (Å²) in [4.78, 5) is 0. The maximum absolute atomic E-state index is 3.58. The lowest BCUT2D eigenvalue weighted by atomic mass is 9.65. The Bertz CT molecular complexity index is 196. The van der Waals surface area contributed by atoms with Crippen molar-refractivity contribution >= 4 is 0 Å². The van der Waals surface area contributed by atoms with E-state index >= 15 is 0 Å². The van der Waals surface area contributed by atoms with Crippen LogP contribution in [0.1, 0.15) is 66.2 Å². The van der Waals surface area contributed by atoms with Crippen molar-refractivity contribution in [3.05, 3.63) is 0 Å². The SMILES string of the molecule is CNC(CCC(C)C)C1CCCCC1(C)C. The van der Waals surface area contributed by atoms with Crippen LogP contribution in [0.2, 0.25) is 0 Å². The zero-order valence-electron chi connectivity index (χ0n) is 12.0. The van der Waals surface area contributed by atoms with Crippen LogP contribution in [0.4, 0.5) is 0 Å². The Morgan fingerprint density at radius 1 is 1.19 bits per heavy atom. The predicted molar refractivity (Wildman–Crippen MR) is 72.7 cm³/mol. The Hall–Kier alpha value is -0.0400. The molecule has 1 heteroatoms. The molecule has 0 aromatic heterocycles. The minimum Gasteiger partial charge on any atom is -0.317 e. The Morgan fingerprint density at radius 2 is 1.88 bits per heavy atom. The van der Waals surface area contributed by atoms with Gasteiger partial charge in [0.2, 0.25) is 0 Å². The zero-order chi connectivity index (χ0) is 12.2. The highest BCUT2D eigenvalue weighted by atomic mass is 14.9. The van der Waals surface area contributed by atoms with Crippen LogP contribution in [-0.4, -0.2) is 13.1 Å². The highest BCUT2D eigenvalue weighted by Gasteiger charge is 2.36. The van der Waals surface area contributed by atoms with Crippen LogP contribution in [0, 0.1) is 17.3 Å². The first kappa shape index (κ1) is 14.0. The van der Waals surface area contributed by atoms with E-state index in [2.05, 4.69) is 40.1 Å². The molecule has 0 aromatic rings. The van der Waals surface area contributed by atoms with Crippen molar-refractivity contribution in [2.45, 2.75) is 72.3 Å². The van der Waals surface area contributed by atoms with Crippen LogP contribution in [-0.2, 0) is 0 Å². The summed E-state index contributed by atoms with van der Waals surface area (Å²) >= 11 is 0. The minimum absolute atomic E-state index is 0.545.